The van der Waals surface area contributed by atoms with Gasteiger partial charge in [-0.05, 0) is 35.4 Å². The second kappa shape index (κ2) is 7.91. The summed E-state index contributed by atoms with van der Waals surface area (Å²) in [6.45, 7) is 0. The average molecular weight is 408 g/mol. The van der Waals surface area contributed by atoms with Gasteiger partial charge in [-0.15, -0.1) is 0 Å². The van der Waals surface area contributed by atoms with Gasteiger partial charge in [-0.25, -0.2) is 9.97 Å². The van der Waals surface area contributed by atoms with E-state index in [9.17, 15) is 10.2 Å². The summed E-state index contributed by atoms with van der Waals surface area (Å²) in [4.78, 5) is 13.8. The molecule has 0 saturated heterocycles. The number of nitrogens with zero attached hydrogens (tertiary/aromatic N) is 4. The lowest BCUT2D eigenvalue weighted by Gasteiger charge is -2.08. The predicted octanol–water partition coefficient (Wildman–Crippen LogP) is 4.38. The van der Waals surface area contributed by atoms with Gasteiger partial charge in [-0.2, -0.15) is 0 Å². The first-order chi connectivity index (χ1) is 15.2. The van der Waals surface area contributed by atoms with Crippen molar-refractivity contribution in [2.24, 2.45) is 0 Å². The van der Waals surface area contributed by atoms with Crippen LogP contribution in [0, 0.1) is 0 Å². The van der Waals surface area contributed by atoms with E-state index in [0.29, 0.717) is 24.2 Å². The van der Waals surface area contributed by atoms with Crippen LogP contribution < -0.4 is 0 Å². The largest absolute Gasteiger partial charge is 0.508 e. The lowest BCUT2D eigenvalue weighted by Crippen LogP contribution is -2.01. The summed E-state index contributed by atoms with van der Waals surface area (Å²) >= 11 is 0. The fourth-order valence-electron chi connectivity index (χ4n) is 3.63. The predicted molar refractivity (Wildman–Crippen MR) is 118 cm³/mol. The number of aromatic hydroxyl groups is 2. The van der Waals surface area contributed by atoms with E-state index in [4.69, 9.17) is 9.97 Å². The van der Waals surface area contributed by atoms with Gasteiger partial charge in [0.05, 0.1) is 11.4 Å². The van der Waals surface area contributed by atoms with Gasteiger partial charge in [0.2, 0.25) is 5.88 Å². The van der Waals surface area contributed by atoms with E-state index in [0.717, 1.165) is 28.1 Å². The minimum atomic E-state index is 0.0879. The zero-order chi connectivity index (χ0) is 21.2. The number of aromatic nitrogens is 4. The second-order valence-corrected chi connectivity index (χ2v) is 7.40. The molecule has 3 aromatic heterocycles. The zero-order valence-electron chi connectivity index (χ0n) is 16.7. The number of pyridine rings is 1. The fraction of sp³-hybridized carbons (Fsp3) is 0.0800. The van der Waals surface area contributed by atoms with Crippen molar-refractivity contribution in [3.05, 3.63) is 108 Å². The summed E-state index contributed by atoms with van der Waals surface area (Å²) in [6.07, 6.45) is 6.31. The van der Waals surface area contributed by atoms with Crippen LogP contribution in [0.3, 0.4) is 0 Å². The van der Waals surface area contributed by atoms with Crippen LogP contribution in [0.2, 0.25) is 0 Å². The first-order valence-corrected chi connectivity index (χ1v) is 9.99. The van der Waals surface area contributed by atoms with Gasteiger partial charge in [0.1, 0.15) is 11.4 Å². The van der Waals surface area contributed by atoms with Crippen molar-refractivity contribution >= 4 is 5.65 Å². The summed E-state index contributed by atoms with van der Waals surface area (Å²) in [6, 6.07) is 20.8. The van der Waals surface area contributed by atoms with E-state index in [1.165, 1.54) is 0 Å². The van der Waals surface area contributed by atoms with Crippen molar-refractivity contribution in [1.29, 1.82) is 0 Å². The molecular formula is C25H20N4O2. The van der Waals surface area contributed by atoms with E-state index in [2.05, 4.69) is 17.1 Å². The molecule has 0 bridgehead atoms. The average Bonchev–Trinajstić information content (AvgIpc) is 3.12. The first kappa shape index (κ1) is 18.8. The molecule has 152 valence electrons. The minimum Gasteiger partial charge on any atom is -0.508 e. The number of phenols is 1. The SMILES string of the molecule is Oc1ccc(Cc2nc3c(Cc4ccccc4)nc(-c4cccnc4)cn3c2O)cc1. The summed E-state index contributed by atoms with van der Waals surface area (Å²) in [7, 11) is 0. The zero-order valence-corrected chi connectivity index (χ0v) is 16.7. The third kappa shape index (κ3) is 3.83. The van der Waals surface area contributed by atoms with Crippen molar-refractivity contribution < 1.29 is 10.2 Å². The molecule has 31 heavy (non-hydrogen) atoms. The van der Waals surface area contributed by atoms with Crippen molar-refractivity contribution in [2.75, 3.05) is 0 Å². The van der Waals surface area contributed by atoms with Crippen LogP contribution in [0.25, 0.3) is 16.9 Å². The second-order valence-electron chi connectivity index (χ2n) is 7.40. The molecule has 0 radical (unpaired) electrons. The minimum absolute atomic E-state index is 0.0879. The molecule has 5 aromatic rings. The molecule has 0 aliphatic carbocycles. The van der Waals surface area contributed by atoms with Crippen LogP contribution >= 0.6 is 0 Å². The molecule has 0 aliphatic rings. The number of hydrogen-bond acceptors (Lipinski definition) is 5. The Bertz CT molecular complexity index is 1330. The number of rotatable bonds is 5. The van der Waals surface area contributed by atoms with Gasteiger partial charge < -0.3 is 10.2 Å². The molecule has 0 fully saturated rings. The van der Waals surface area contributed by atoms with Crippen molar-refractivity contribution in [3.63, 3.8) is 0 Å². The van der Waals surface area contributed by atoms with E-state index in [1.54, 1.807) is 35.1 Å². The Morgan fingerprint density at radius 3 is 2.23 bits per heavy atom. The monoisotopic (exact) mass is 408 g/mol. The summed E-state index contributed by atoms with van der Waals surface area (Å²) in [5.41, 5.74) is 5.61. The van der Waals surface area contributed by atoms with Crippen LogP contribution in [-0.2, 0) is 12.8 Å². The Labute approximate surface area is 179 Å². The Kier molecular flexibility index (Phi) is 4.80. The highest BCUT2D eigenvalue weighted by Crippen LogP contribution is 2.28. The maximum atomic E-state index is 11.0. The molecule has 6 heteroatoms. The fourth-order valence-corrected chi connectivity index (χ4v) is 3.63. The number of imidazole rings is 1. The molecule has 0 amide bonds. The summed E-state index contributed by atoms with van der Waals surface area (Å²) in [5, 5.41) is 20.5. The Hall–Kier alpha value is -4.19. The molecule has 0 aliphatic heterocycles. The molecule has 3 heterocycles. The number of benzene rings is 2. The third-order valence-corrected chi connectivity index (χ3v) is 5.20. The molecule has 5 rings (SSSR count). The van der Waals surface area contributed by atoms with E-state index < -0.39 is 0 Å². The van der Waals surface area contributed by atoms with Gasteiger partial charge in [0, 0.05) is 37.0 Å². The van der Waals surface area contributed by atoms with Gasteiger partial charge in [-0.1, -0.05) is 42.5 Å². The highest BCUT2D eigenvalue weighted by atomic mass is 16.3. The van der Waals surface area contributed by atoms with E-state index >= 15 is 0 Å². The number of phenolic OH excluding ortho intramolecular Hbond substituents is 1. The Morgan fingerprint density at radius 2 is 1.48 bits per heavy atom. The molecule has 0 spiro atoms. The topological polar surface area (TPSA) is 83.5 Å². The Balaban J connectivity index is 1.64. The lowest BCUT2D eigenvalue weighted by molar-refractivity contribution is 0.442. The molecule has 2 N–H and O–H groups in total. The van der Waals surface area contributed by atoms with Gasteiger partial charge >= 0.3 is 0 Å². The summed E-state index contributed by atoms with van der Waals surface area (Å²) in [5.74, 6) is 0.295. The maximum absolute atomic E-state index is 11.0. The molecule has 6 nitrogen and oxygen atoms in total. The van der Waals surface area contributed by atoms with E-state index in [-0.39, 0.29) is 11.6 Å². The number of hydrogen-bond donors (Lipinski definition) is 2. The quantitative estimate of drug-likeness (QED) is 0.451. The molecule has 0 unspecified atom stereocenters. The highest BCUT2D eigenvalue weighted by molar-refractivity contribution is 5.62. The van der Waals surface area contributed by atoms with Gasteiger partial charge in [0.25, 0.3) is 0 Å². The molecular weight excluding hydrogens is 388 g/mol. The van der Waals surface area contributed by atoms with Crippen molar-refractivity contribution in [2.45, 2.75) is 12.8 Å². The van der Waals surface area contributed by atoms with Crippen LogP contribution in [0.5, 0.6) is 11.6 Å². The van der Waals surface area contributed by atoms with Crippen LogP contribution in [-0.4, -0.2) is 29.6 Å². The third-order valence-electron chi connectivity index (χ3n) is 5.20. The molecule has 0 atom stereocenters. The van der Waals surface area contributed by atoms with Crippen LogP contribution in [0.4, 0.5) is 0 Å². The summed E-state index contributed by atoms with van der Waals surface area (Å²) < 4.78 is 1.70. The molecule has 0 saturated carbocycles. The van der Waals surface area contributed by atoms with Crippen molar-refractivity contribution in [3.8, 4) is 22.9 Å². The highest BCUT2D eigenvalue weighted by Gasteiger charge is 2.18. The van der Waals surface area contributed by atoms with Crippen LogP contribution in [0.15, 0.2) is 85.3 Å². The maximum Gasteiger partial charge on any atom is 0.219 e. The normalized spacial score (nSPS) is 11.1. The number of fused-ring (bicyclic) bond motifs is 1. The van der Waals surface area contributed by atoms with Crippen molar-refractivity contribution in [1.82, 2.24) is 19.4 Å². The van der Waals surface area contributed by atoms with Crippen LogP contribution in [0.1, 0.15) is 22.5 Å². The first-order valence-electron chi connectivity index (χ1n) is 9.99. The standard InChI is InChI=1S/C25H20N4O2/c30-20-10-8-18(9-11-20)14-22-25(31)29-16-23(19-7-4-12-26-15-19)27-21(24(29)28-22)13-17-5-2-1-3-6-17/h1-12,15-16,30-31H,13-14H2. The van der Waals surface area contributed by atoms with E-state index in [1.807, 2.05) is 42.5 Å². The molecule has 2 aromatic carbocycles. The lowest BCUT2D eigenvalue weighted by atomic mass is 10.1. The smallest absolute Gasteiger partial charge is 0.219 e. The van der Waals surface area contributed by atoms with Gasteiger partial charge in [0.15, 0.2) is 5.65 Å². The van der Waals surface area contributed by atoms with Gasteiger partial charge in [-0.3, -0.25) is 9.38 Å². The Morgan fingerprint density at radius 1 is 0.742 bits per heavy atom.